The standard InChI is InChI=1S/C13H21F3N2O/c1-2-17(11-5-6-11)9-12(19)18-7-3-4-10(8-18)13(14,15)16/h10-11H,2-9H2,1H3. The molecule has 1 saturated carbocycles. The molecule has 1 saturated heterocycles. The molecule has 0 aromatic carbocycles. The summed E-state index contributed by atoms with van der Waals surface area (Å²) in [5.74, 6) is -1.50. The van der Waals surface area contributed by atoms with Gasteiger partial charge in [0.1, 0.15) is 0 Å². The minimum absolute atomic E-state index is 0.146. The van der Waals surface area contributed by atoms with Crippen LogP contribution in [0.3, 0.4) is 0 Å². The molecule has 3 nitrogen and oxygen atoms in total. The topological polar surface area (TPSA) is 23.6 Å². The molecule has 0 bridgehead atoms. The lowest BCUT2D eigenvalue weighted by Gasteiger charge is -2.35. The molecule has 1 aliphatic carbocycles. The van der Waals surface area contributed by atoms with Gasteiger partial charge in [-0.3, -0.25) is 9.69 Å². The summed E-state index contributed by atoms with van der Waals surface area (Å²) in [5, 5.41) is 0. The average Bonchev–Trinajstić information content (AvgIpc) is 3.19. The van der Waals surface area contributed by atoms with E-state index in [1.807, 2.05) is 6.92 Å². The minimum Gasteiger partial charge on any atom is -0.341 e. The summed E-state index contributed by atoms with van der Waals surface area (Å²) in [4.78, 5) is 15.6. The lowest BCUT2D eigenvalue weighted by Crippen LogP contribution is -2.48. The average molecular weight is 278 g/mol. The molecule has 0 aromatic rings. The molecule has 19 heavy (non-hydrogen) atoms. The molecule has 1 aliphatic heterocycles. The predicted molar refractivity (Wildman–Crippen MR) is 65.6 cm³/mol. The molecule has 0 radical (unpaired) electrons. The van der Waals surface area contributed by atoms with Gasteiger partial charge in [0.15, 0.2) is 0 Å². The first-order chi connectivity index (χ1) is 8.91. The molecule has 1 atom stereocenters. The molecule has 1 amide bonds. The smallest absolute Gasteiger partial charge is 0.341 e. The van der Waals surface area contributed by atoms with Gasteiger partial charge >= 0.3 is 6.18 Å². The fourth-order valence-corrected chi connectivity index (χ4v) is 2.68. The number of nitrogens with zero attached hydrogens (tertiary/aromatic N) is 2. The Bertz CT molecular complexity index is 328. The Morgan fingerprint density at radius 1 is 1.32 bits per heavy atom. The van der Waals surface area contributed by atoms with Crippen LogP contribution in [0, 0.1) is 5.92 Å². The summed E-state index contributed by atoms with van der Waals surface area (Å²) < 4.78 is 38.1. The van der Waals surface area contributed by atoms with Crippen molar-refractivity contribution in [3.8, 4) is 0 Å². The van der Waals surface area contributed by atoms with Crippen molar-refractivity contribution in [2.45, 2.75) is 44.8 Å². The number of amides is 1. The molecule has 0 spiro atoms. The second kappa shape index (κ2) is 5.69. The van der Waals surface area contributed by atoms with Crippen molar-refractivity contribution in [1.29, 1.82) is 0 Å². The van der Waals surface area contributed by atoms with Gasteiger partial charge in [0, 0.05) is 19.1 Å². The lowest BCUT2D eigenvalue weighted by atomic mass is 9.97. The van der Waals surface area contributed by atoms with Crippen molar-refractivity contribution in [2.24, 2.45) is 5.92 Å². The van der Waals surface area contributed by atoms with Gasteiger partial charge in [-0.2, -0.15) is 13.2 Å². The van der Waals surface area contributed by atoms with Gasteiger partial charge in [-0.15, -0.1) is 0 Å². The number of carbonyl (C=O) groups excluding carboxylic acids is 1. The van der Waals surface area contributed by atoms with Gasteiger partial charge in [-0.25, -0.2) is 0 Å². The van der Waals surface area contributed by atoms with Crippen molar-refractivity contribution in [1.82, 2.24) is 9.80 Å². The minimum atomic E-state index is -4.18. The van der Waals surface area contributed by atoms with Gasteiger partial charge in [0.2, 0.25) is 5.91 Å². The van der Waals surface area contributed by atoms with Crippen LogP contribution in [0.5, 0.6) is 0 Å². The van der Waals surface area contributed by atoms with E-state index < -0.39 is 12.1 Å². The molecule has 0 aromatic heterocycles. The first-order valence-electron chi connectivity index (χ1n) is 7.00. The normalized spacial score (nSPS) is 24.9. The summed E-state index contributed by atoms with van der Waals surface area (Å²) >= 11 is 0. The molecular weight excluding hydrogens is 257 g/mol. The van der Waals surface area contributed by atoms with Crippen LogP contribution in [-0.2, 0) is 4.79 Å². The Balaban J connectivity index is 1.87. The van der Waals surface area contributed by atoms with Crippen molar-refractivity contribution in [3.63, 3.8) is 0 Å². The first kappa shape index (κ1) is 14.6. The van der Waals surface area contributed by atoms with Gasteiger partial charge in [-0.1, -0.05) is 6.92 Å². The third-order valence-electron chi connectivity index (χ3n) is 4.04. The second-order valence-corrected chi connectivity index (χ2v) is 5.51. The highest BCUT2D eigenvalue weighted by Crippen LogP contribution is 2.33. The molecule has 2 fully saturated rings. The highest BCUT2D eigenvalue weighted by molar-refractivity contribution is 5.78. The maximum atomic E-state index is 12.7. The van der Waals surface area contributed by atoms with Gasteiger partial charge in [0.05, 0.1) is 12.5 Å². The molecule has 2 rings (SSSR count). The fourth-order valence-electron chi connectivity index (χ4n) is 2.68. The lowest BCUT2D eigenvalue weighted by molar-refractivity contribution is -0.188. The highest BCUT2D eigenvalue weighted by atomic mass is 19.4. The Hall–Kier alpha value is -0.780. The Morgan fingerprint density at radius 3 is 2.53 bits per heavy atom. The summed E-state index contributed by atoms with van der Waals surface area (Å²) in [6.45, 7) is 3.34. The number of alkyl halides is 3. The number of piperidine rings is 1. The number of hydrogen-bond donors (Lipinski definition) is 0. The van der Waals surface area contributed by atoms with E-state index in [-0.39, 0.29) is 25.4 Å². The van der Waals surface area contributed by atoms with E-state index in [2.05, 4.69) is 4.90 Å². The third kappa shape index (κ3) is 3.84. The van der Waals surface area contributed by atoms with Gasteiger partial charge in [0.25, 0.3) is 0 Å². The van der Waals surface area contributed by atoms with Crippen LogP contribution in [0.4, 0.5) is 13.2 Å². The first-order valence-corrected chi connectivity index (χ1v) is 7.00. The maximum absolute atomic E-state index is 12.7. The SMILES string of the molecule is CCN(CC(=O)N1CCCC(C(F)(F)F)C1)C1CC1. The van der Waals surface area contributed by atoms with E-state index in [4.69, 9.17) is 0 Å². The van der Waals surface area contributed by atoms with Crippen molar-refractivity contribution < 1.29 is 18.0 Å². The summed E-state index contributed by atoms with van der Waals surface area (Å²) in [7, 11) is 0. The number of carbonyl (C=O) groups is 1. The molecule has 6 heteroatoms. The van der Waals surface area contributed by atoms with E-state index in [9.17, 15) is 18.0 Å². The Morgan fingerprint density at radius 2 is 2.00 bits per heavy atom. The zero-order chi connectivity index (χ0) is 14.0. The van der Waals surface area contributed by atoms with Crippen LogP contribution in [0.25, 0.3) is 0 Å². The largest absolute Gasteiger partial charge is 0.393 e. The van der Waals surface area contributed by atoms with Crippen LogP contribution < -0.4 is 0 Å². The van der Waals surface area contributed by atoms with Crippen molar-refractivity contribution >= 4 is 5.91 Å². The number of likely N-dealkylation sites (tertiary alicyclic amines) is 1. The summed E-state index contributed by atoms with van der Waals surface area (Å²) in [5.41, 5.74) is 0. The Labute approximate surface area is 111 Å². The van der Waals surface area contributed by atoms with Crippen LogP contribution in [0.2, 0.25) is 0 Å². The highest BCUT2D eigenvalue weighted by Gasteiger charge is 2.43. The van der Waals surface area contributed by atoms with Crippen molar-refractivity contribution in [3.05, 3.63) is 0 Å². The predicted octanol–water partition coefficient (Wildman–Crippen LogP) is 2.27. The zero-order valence-corrected chi connectivity index (χ0v) is 11.2. The molecule has 2 aliphatic rings. The Kier molecular flexibility index (Phi) is 4.38. The van der Waals surface area contributed by atoms with E-state index in [0.29, 0.717) is 19.0 Å². The summed E-state index contributed by atoms with van der Waals surface area (Å²) in [6.07, 6.45) is -1.38. The number of hydrogen-bond acceptors (Lipinski definition) is 2. The molecule has 1 unspecified atom stereocenters. The van der Waals surface area contributed by atoms with Crippen LogP contribution in [-0.4, -0.2) is 54.1 Å². The monoisotopic (exact) mass is 278 g/mol. The van der Waals surface area contributed by atoms with E-state index in [0.717, 1.165) is 19.4 Å². The maximum Gasteiger partial charge on any atom is 0.393 e. The number of likely N-dealkylation sites (N-methyl/N-ethyl adjacent to an activating group) is 1. The summed E-state index contributed by atoms with van der Waals surface area (Å²) in [6, 6.07) is 0.470. The molecule has 0 N–H and O–H groups in total. The van der Waals surface area contributed by atoms with E-state index in [1.54, 1.807) is 0 Å². The van der Waals surface area contributed by atoms with Gasteiger partial charge in [-0.05, 0) is 32.2 Å². The van der Waals surface area contributed by atoms with E-state index in [1.165, 1.54) is 4.90 Å². The second-order valence-electron chi connectivity index (χ2n) is 5.51. The van der Waals surface area contributed by atoms with Crippen molar-refractivity contribution in [2.75, 3.05) is 26.2 Å². The molecule has 110 valence electrons. The number of halogens is 3. The molecular formula is C13H21F3N2O. The van der Waals surface area contributed by atoms with E-state index >= 15 is 0 Å². The third-order valence-corrected chi connectivity index (χ3v) is 4.04. The van der Waals surface area contributed by atoms with Crippen LogP contribution in [0.1, 0.15) is 32.6 Å². The fraction of sp³-hybridized carbons (Fsp3) is 0.923. The number of rotatable bonds is 4. The van der Waals surface area contributed by atoms with Gasteiger partial charge < -0.3 is 4.90 Å². The quantitative estimate of drug-likeness (QED) is 0.787. The van der Waals surface area contributed by atoms with Crippen LogP contribution >= 0.6 is 0 Å². The molecule has 1 heterocycles. The zero-order valence-electron chi connectivity index (χ0n) is 11.2. The van der Waals surface area contributed by atoms with Crippen LogP contribution in [0.15, 0.2) is 0 Å².